The van der Waals surface area contributed by atoms with Crippen LogP contribution in [0.25, 0.3) is 0 Å². The molecule has 0 atom stereocenters. The van der Waals surface area contributed by atoms with E-state index in [1.165, 1.54) is 0 Å². The monoisotopic (exact) mass is 327 g/mol. The van der Waals surface area contributed by atoms with Crippen LogP contribution in [0.3, 0.4) is 0 Å². The topological polar surface area (TPSA) is 111 Å². The normalized spacial score (nSPS) is 10.7. The van der Waals surface area contributed by atoms with Gasteiger partial charge < -0.3 is 32.0 Å². The molecule has 0 aliphatic carbocycles. The van der Waals surface area contributed by atoms with Crippen molar-refractivity contribution in [3.05, 3.63) is 18.7 Å². The summed E-state index contributed by atoms with van der Waals surface area (Å²) in [7, 11) is 0. The Morgan fingerprint density at radius 1 is 1.00 bits per heavy atom. The summed E-state index contributed by atoms with van der Waals surface area (Å²) in [6, 6.07) is 0. The van der Waals surface area contributed by atoms with E-state index in [2.05, 4.69) is 22.1 Å². The van der Waals surface area contributed by atoms with E-state index in [1.54, 1.807) is 12.5 Å². The molecule has 1 aromatic heterocycles. The number of nitrogens with zero attached hydrogens (tertiary/aromatic N) is 3. The summed E-state index contributed by atoms with van der Waals surface area (Å²) in [5.74, 6) is 0. The number of imidazole rings is 1. The van der Waals surface area contributed by atoms with E-state index in [9.17, 15) is 0 Å². The van der Waals surface area contributed by atoms with Crippen molar-refractivity contribution in [2.24, 2.45) is 17.2 Å². The second-order valence-corrected chi connectivity index (χ2v) is 5.41. The van der Waals surface area contributed by atoms with Crippen molar-refractivity contribution in [2.75, 3.05) is 52.4 Å². The molecular formula is C16H37N7. The number of nitrogens with one attached hydrogen (secondary N) is 1. The minimum atomic E-state index is 0.748. The Kier molecular flexibility index (Phi) is 16.6. The lowest BCUT2D eigenvalue weighted by molar-refractivity contribution is 0.285. The zero-order chi connectivity index (χ0) is 17.2. The molecule has 0 unspecified atom stereocenters. The molecule has 7 nitrogen and oxygen atoms in total. The van der Waals surface area contributed by atoms with Crippen LogP contribution in [0.4, 0.5) is 0 Å². The molecule has 1 rings (SSSR count). The Labute approximate surface area is 141 Å². The van der Waals surface area contributed by atoms with Gasteiger partial charge in [0.2, 0.25) is 0 Å². The molecule has 136 valence electrons. The molecular weight excluding hydrogens is 290 g/mol. The van der Waals surface area contributed by atoms with Gasteiger partial charge in [0.1, 0.15) is 0 Å². The first-order valence-electron chi connectivity index (χ1n) is 8.77. The maximum Gasteiger partial charge on any atom is 0.0945 e. The van der Waals surface area contributed by atoms with Gasteiger partial charge in [-0.15, -0.1) is 0 Å². The van der Waals surface area contributed by atoms with Crippen LogP contribution < -0.4 is 22.5 Å². The van der Waals surface area contributed by atoms with E-state index in [-0.39, 0.29) is 0 Å². The maximum absolute atomic E-state index is 5.47. The Balaban J connectivity index is 0.000000459. The third-order valence-corrected chi connectivity index (χ3v) is 3.47. The van der Waals surface area contributed by atoms with Crippen LogP contribution in [-0.2, 0) is 6.54 Å². The number of aromatic nitrogens is 2. The molecule has 1 heterocycles. The summed E-state index contributed by atoms with van der Waals surface area (Å²) >= 11 is 0. The molecule has 0 aromatic carbocycles. The van der Waals surface area contributed by atoms with Crippen molar-refractivity contribution in [3.8, 4) is 0 Å². The summed E-state index contributed by atoms with van der Waals surface area (Å²) in [5.41, 5.74) is 16.2. The second kappa shape index (κ2) is 17.4. The van der Waals surface area contributed by atoms with Gasteiger partial charge in [-0.1, -0.05) is 6.92 Å². The third-order valence-electron chi connectivity index (χ3n) is 3.47. The second-order valence-electron chi connectivity index (χ2n) is 5.41. The standard InChI is InChI=1S/C10H26N4.C6H11N3/c1-2-14(9-4-6-12)10-8-13-7-3-5-11;7-2-1-4-9-5-3-8-6-9/h13H,2-12H2,1H3;3,5-6H,1-2,4,7H2. The van der Waals surface area contributed by atoms with Crippen LogP contribution in [0.15, 0.2) is 18.7 Å². The minimum Gasteiger partial charge on any atom is -0.337 e. The molecule has 0 aliphatic heterocycles. The molecule has 7 heteroatoms. The highest BCUT2D eigenvalue weighted by Gasteiger charge is 1.99. The quantitative estimate of drug-likeness (QED) is 0.374. The molecule has 0 amide bonds. The molecule has 7 N–H and O–H groups in total. The number of hydrogen-bond donors (Lipinski definition) is 4. The number of likely N-dealkylation sites (N-methyl/N-ethyl adjacent to an activating group) is 1. The van der Waals surface area contributed by atoms with E-state index in [0.717, 1.165) is 78.2 Å². The highest BCUT2D eigenvalue weighted by molar-refractivity contribution is 4.73. The van der Waals surface area contributed by atoms with Gasteiger partial charge in [0.05, 0.1) is 6.33 Å². The third kappa shape index (κ3) is 14.3. The summed E-state index contributed by atoms with van der Waals surface area (Å²) < 4.78 is 2.02. The maximum atomic E-state index is 5.47. The van der Waals surface area contributed by atoms with Crippen LogP contribution in [0.1, 0.15) is 26.2 Å². The lowest BCUT2D eigenvalue weighted by Crippen LogP contribution is -2.34. The average molecular weight is 328 g/mol. The van der Waals surface area contributed by atoms with Crippen molar-refractivity contribution in [1.29, 1.82) is 0 Å². The average Bonchev–Trinajstić information content (AvgIpc) is 3.09. The number of rotatable bonds is 13. The Bertz CT molecular complexity index is 316. The Hall–Kier alpha value is -0.990. The fraction of sp³-hybridized carbons (Fsp3) is 0.812. The van der Waals surface area contributed by atoms with Crippen LogP contribution in [0.5, 0.6) is 0 Å². The van der Waals surface area contributed by atoms with Gasteiger partial charge in [-0.2, -0.15) is 0 Å². The van der Waals surface area contributed by atoms with E-state index in [0.29, 0.717) is 0 Å². The number of aryl methyl sites for hydroxylation is 1. The van der Waals surface area contributed by atoms with Crippen molar-refractivity contribution in [3.63, 3.8) is 0 Å². The van der Waals surface area contributed by atoms with Crippen LogP contribution in [-0.4, -0.2) is 66.8 Å². The highest BCUT2D eigenvalue weighted by atomic mass is 15.1. The first kappa shape index (κ1) is 22.0. The highest BCUT2D eigenvalue weighted by Crippen LogP contribution is 1.89. The summed E-state index contributed by atoms with van der Waals surface area (Å²) in [5, 5.41) is 3.37. The predicted octanol–water partition coefficient (Wildman–Crippen LogP) is -0.173. The van der Waals surface area contributed by atoms with Crippen LogP contribution >= 0.6 is 0 Å². The van der Waals surface area contributed by atoms with Gasteiger partial charge in [0.15, 0.2) is 0 Å². The lowest BCUT2D eigenvalue weighted by Gasteiger charge is -2.19. The largest absolute Gasteiger partial charge is 0.337 e. The number of hydrogen-bond acceptors (Lipinski definition) is 6. The summed E-state index contributed by atoms with van der Waals surface area (Å²) in [6.07, 6.45) is 8.70. The van der Waals surface area contributed by atoms with Gasteiger partial charge in [0.25, 0.3) is 0 Å². The van der Waals surface area contributed by atoms with Gasteiger partial charge >= 0.3 is 0 Å². The molecule has 0 saturated carbocycles. The van der Waals surface area contributed by atoms with Crippen molar-refractivity contribution < 1.29 is 0 Å². The van der Waals surface area contributed by atoms with Gasteiger partial charge in [-0.3, -0.25) is 0 Å². The first-order chi connectivity index (χ1) is 11.3. The zero-order valence-electron chi connectivity index (χ0n) is 14.8. The van der Waals surface area contributed by atoms with Gasteiger partial charge in [0, 0.05) is 32.0 Å². The molecule has 0 fully saturated rings. The Morgan fingerprint density at radius 3 is 2.30 bits per heavy atom. The van der Waals surface area contributed by atoms with Gasteiger partial charge in [-0.25, -0.2) is 4.98 Å². The lowest BCUT2D eigenvalue weighted by atomic mass is 10.3. The zero-order valence-corrected chi connectivity index (χ0v) is 14.8. The fourth-order valence-electron chi connectivity index (χ4n) is 2.03. The minimum absolute atomic E-state index is 0.748. The summed E-state index contributed by atoms with van der Waals surface area (Å²) in [6.45, 7) is 10.9. The molecule has 0 aliphatic rings. The smallest absolute Gasteiger partial charge is 0.0945 e. The molecule has 23 heavy (non-hydrogen) atoms. The number of nitrogens with two attached hydrogens (primary N) is 3. The molecule has 0 bridgehead atoms. The van der Waals surface area contributed by atoms with E-state index >= 15 is 0 Å². The van der Waals surface area contributed by atoms with Crippen molar-refractivity contribution >= 4 is 0 Å². The SMILES string of the molecule is CCN(CCCN)CCNCCCN.NCCCn1ccnc1. The molecule has 0 saturated heterocycles. The van der Waals surface area contributed by atoms with Gasteiger partial charge in [-0.05, 0) is 58.5 Å². The Morgan fingerprint density at radius 2 is 1.74 bits per heavy atom. The van der Waals surface area contributed by atoms with Crippen LogP contribution in [0.2, 0.25) is 0 Å². The molecule has 0 radical (unpaired) electrons. The van der Waals surface area contributed by atoms with E-state index in [1.807, 2.05) is 10.8 Å². The van der Waals surface area contributed by atoms with Crippen LogP contribution in [0, 0.1) is 0 Å². The summed E-state index contributed by atoms with van der Waals surface area (Å²) in [4.78, 5) is 6.32. The van der Waals surface area contributed by atoms with Crippen molar-refractivity contribution in [2.45, 2.75) is 32.7 Å². The van der Waals surface area contributed by atoms with Crippen molar-refractivity contribution in [1.82, 2.24) is 19.8 Å². The predicted molar refractivity (Wildman–Crippen MR) is 98.2 cm³/mol. The van der Waals surface area contributed by atoms with E-state index in [4.69, 9.17) is 17.2 Å². The van der Waals surface area contributed by atoms with E-state index < -0.39 is 0 Å². The molecule has 0 spiro atoms. The fourth-order valence-corrected chi connectivity index (χ4v) is 2.03. The molecule has 1 aromatic rings. The first-order valence-corrected chi connectivity index (χ1v) is 8.77.